The zero-order valence-electron chi connectivity index (χ0n) is 11.3. The van der Waals surface area contributed by atoms with E-state index in [1.54, 1.807) is 11.8 Å². The SMILES string of the molecule is Sc1ccc(Oc2ccc(Sc3ccccc3)cc2)cc1. The van der Waals surface area contributed by atoms with E-state index < -0.39 is 0 Å². The summed E-state index contributed by atoms with van der Waals surface area (Å²) in [5.41, 5.74) is 0. The van der Waals surface area contributed by atoms with E-state index in [1.165, 1.54) is 9.79 Å². The lowest BCUT2D eigenvalue weighted by atomic mass is 10.3. The van der Waals surface area contributed by atoms with Crippen molar-refractivity contribution in [1.29, 1.82) is 0 Å². The van der Waals surface area contributed by atoms with Crippen LogP contribution < -0.4 is 4.74 Å². The zero-order valence-corrected chi connectivity index (χ0v) is 13.0. The molecule has 0 aliphatic rings. The van der Waals surface area contributed by atoms with Crippen molar-refractivity contribution in [1.82, 2.24) is 0 Å². The van der Waals surface area contributed by atoms with Crippen molar-refractivity contribution in [2.24, 2.45) is 0 Å². The molecule has 0 saturated carbocycles. The Balaban J connectivity index is 1.68. The molecule has 0 N–H and O–H groups in total. The van der Waals surface area contributed by atoms with E-state index in [1.807, 2.05) is 54.6 Å². The second-order valence-corrected chi connectivity index (χ2v) is 6.15. The number of hydrogen-bond donors (Lipinski definition) is 1. The van der Waals surface area contributed by atoms with E-state index in [-0.39, 0.29) is 0 Å². The quantitative estimate of drug-likeness (QED) is 0.599. The fraction of sp³-hybridized carbons (Fsp3) is 0. The molecule has 0 bridgehead atoms. The van der Waals surface area contributed by atoms with Gasteiger partial charge in [-0.3, -0.25) is 0 Å². The van der Waals surface area contributed by atoms with Gasteiger partial charge in [-0.2, -0.15) is 0 Å². The van der Waals surface area contributed by atoms with Crippen LogP contribution in [0.4, 0.5) is 0 Å². The maximum absolute atomic E-state index is 5.80. The Bertz CT molecular complexity index is 692. The Morgan fingerprint density at radius 1 is 0.619 bits per heavy atom. The van der Waals surface area contributed by atoms with E-state index >= 15 is 0 Å². The summed E-state index contributed by atoms with van der Waals surface area (Å²) in [5.74, 6) is 1.65. The van der Waals surface area contributed by atoms with Crippen LogP contribution in [0.15, 0.2) is 93.5 Å². The highest BCUT2D eigenvalue weighted by Gasteiger charge is 2.00. The fourth-order valence-electron chi connectivity index (χ4n) is 1.85. The molecule has 0 aromatic heterocycles. The lowest BCUT2D eigenvalue weighted by molar-refractivity contribution is 0.482. The van der Waals surface area contributed by atoms with Gasteiger partial charge in [0.2, 0.25) is 0 Å². The summed E-state index contributed by atoms with van der Waals surface area (Å²) in [7, 11) is 0. The van der Waals surface area contributed by atoms with Crippen LogP contribution in [0, 0.1) is 0 Å². The molecule has 0 spiro atoms. The van der Waals surface area contributed by atoms with Crippen LogP contribution in [0.5, 0.6) is 11.5 Å². The van der Waals surface area contributed by atoms with Crippen LogP contribution in [-0.2, 0) is 0 Å². The van der Waals surface area contributed by atoms with Gasteiger partial charge < -0.3 is 4.74 Å². The molecule has 3 heteroatoms. The minimum atomic E-state index is 0.816. The second-order valence-electron chi connectivity index (χ2n) is 4.48. The first-order valence-corrected chi connectivity index (χ1v) is 7.86. The summed E-state index contributed by atoms with van der Waals surface area (Å²) in [6.45, 7) is 0. The summed E-state index contributed by atoms with van der Waals surface area (Å²) < 4.78 is 5.80. The molecule has 0 heterocycles. The van der Waals surface area contributed by atoms with Gasteiger partial charge in [-0.05, 0) is 60.7 Å². The molecule has 21 heavy (non-hydrogen) atoms. The van der Waals surface area contributed by atoms with Crippen molar-refractivity contribution in [2.75, 3.05) is 0 Å². The molecule has 0 radical (unpaired) electrons. The Labute approximate surface area is 134 Å². The monoisotopic (exact) mass is 310 g/mol. The normalized spacial score (nSPS) is 10.3. The van der Waals surface area contributed by atoms with Gasteiger partial charge in [0.25, 0.3) is 0 Å². The highest BCUT2D eigenvalue weighted by molar-refractivity contribution is 7.99. The van der Waals surface area contributed by atoms with Gasteiger partial charge in [0.1, 0.15) is 11.5 Å². The van der Waals surface area contributed by atoms with Gasteiger partial charge in [0, 0.05) is 14.7 Å². The Hall–Kier alpha value is -1.84. The number of benzene rings is 3. The zero-order chi connectivity index (χ0) is 14.5. The van der Waals surface area contributed by atoms with E-state index in [4.69, 9.17) is 4.74 Å². The van der Waals surface area contributed by atoms with Crippen LogP contribution in [-0.4, -0.2) is 0 Å². The number of thiol groups is 1. The molecule has 0 unspecified atom stereocenters. The molecule has 3 rings (SSSR count). The molecule has 0 amide bonds. The fourth-order valence-corrected chi connectivity index (χ4v) is 2.84. The molecular formula is C18H14OS2. The predicted molar refractivity (Wildman–Crippen MR) is 90.8 cm³/mol. The molecule has 0 aliphatic carbocycles. The van der Waals surface area contributed by atoms with Crippen LogP contribution in [0.25, 0.3) is 0 Å². The number of ether oxygens (including phenoxy) is 1. The largest absolute Gasteiger partial charge is 0.457 e. The third kappa shape index (κ3) is 4.06. The maximum atomic E-state index is 5.80. The van der Waals surface area contributed by atoms with Gasteiger partial charge in [0.15, 0.2) is 0 Å². The van der Waals surface area contributed by atoms with Gasteiger partial charge >= 0.3 is 0 Å². The summed E-state index contributed by atoms with van der Waals surface area (Å²) in [4.78, 5) is 3.35. The van der Waals surface area contributed by atoms with Crippen molar-refractivity contribution < 1.29 is 4.74 Å². The lowest BCUT2D eigenvalue weighted by Gasteiger charge is -2.07. The van der Waals surface area contributed by atoms with Crippen molar-refractivity contribution >= 4 is 24.4 Å². The standard InChI is InChI=1S/C18H14OS2/c20-16-10-6-14(7-11-16)19-15-8-12-18(13-9-15)21-17-4-2-1-3-5-17/h1-13,20H. The molecule has 0 atom stereocenters. The van der Waals surface area contributed by atoms with Gasteiger partial charge in [-0.25, -0.2) is 0 Å². The summed E-state index contributed by atoms with van der Waals surface area (Å²) in [6, 6.07) is 26.1. The van der Waals surface area contributed by atoms with E-state index in [0.717, 1.165) is 16.4 Å². The Kier molecular flexibility index (Phi) is 4.53. The molecular weight excluding hydrogens is 296 g/mol. The van der Waals surface area contributed by atoms with Crippen molar-refractivity contribution in [3.05, 3.63) is 78.9 Å². The Morgan fingerprint density at radius 2 is 1.14 bits per heavy atom. The first-order chi connectivity index (χ1) is 10.3. The molecule has 0 aliphatic heterocycles. The third-order valence-electron chi connectivity index (χ3n) is 2.88. The smallest absolute Gasteiger partial charge is 0.127 e. The first-order valence-electron chi connectivity index (χ1n) is 6.59. The van der Waals surface area contributed by atoms with E-state index in [9.17, 15) is 0 Å². The first kappa shape index (κ1) is 14.1. The minimum absolute atomic E-state index is 0.816. The summed E-state index contributed by atoms with van der Waals surface area (Å²) >= 11 is 6.00. The molecule has 1 nitrogen and oxygen atoms in total. The average molecular weight is 310 g/mol. The predicted octanol–water partition coefficient (Wildman–Crippen LogP) is 5.92. The van der Waals surface area contributed by atoms with E-state index in [0.29, 0.717) is 0 Å². The number of hydrogen-bond acceptors (Lipinski definition) is 3. The molecule has 3 aromatic rings. The summed E-state index contributed by atoms with van der Waals surface area (Å²) in [6.07, 6.45) is 0. The molecule has 104 valence electrons. The van der Waals surface area contributed by atoms with E-state index in [2.05, 4.69) is 36.9 Å². The summed E-state index contributed by atoms with van der Waals surface area (Å²) in [5, 5.41) is 0. The van der Waals surface area contributed by atoms with Gasteiger partial charge in [0.05, 0.1) is 0 Å². The van der Waals surface area contributed by atoms with Crippen molar-refractivity contribution in [2.45, 2.75) is 14.7 Å². The second kappa shape index (κ2) is 6.74. The highest BCUT2D eigenvalue weighted by Crippen LogP contribution is 2.30. The van der Waals surface area contributed by atoms with Crippen LogP contribution in [0.2, 0.25) is 0 Å². The highest BCUT2D eigenvalue weighted by atomic mass is 32.2. The van der Waals surface area contributed by atoms with Crippen molar-refractivity contribution in [3.8, 4) is 11.5 Å². The van der Waals surface area contributed by atoms with Crippen LogP contribution >= 0.6 is 24.4 Å². The lowest BCUT2D eigenvalue weighted by Crippen LogP contribution is -1.83. The van der Waals surface area contributed by atoms with Crippen LogP contribution in [0.3, 0.4) is 0 Å². The van der Waals surface area contributed by atoms with Gasteiger partial charge in [-0.1, -0.05) is 30.0 Å². The Morgan fingerprint density at radius 3 is 1.76 bits per heavy atom. The van der Waals surface area contributed by atoms with Crippen LogP contribution in [0.1, 0.15) is 0 Å². The van der Waals surface area contributed by atoms with Gasteiger partial charge in [-0.15, -0.1) is 12.6 Å². The topological polar surface area (TPSA) is 9.23 Å². The van der Waals surface area contributed by atoms with Crippen molar-refractivity contribution in [3.63, 3.8) is 0 Å². The third-order valence-corrected chi connectivity index (χ3v) is 4.19. The maximum Gasteiger partial charge on any atom is 0.127 e. The minimum Gasteiger partial charge on any atom is -0.457 e. The average Bonchev–Trinajstić information content (AvgIpc) is 2.53. The molecule has 0 fully saturated rings. The number of rotatable bonds is 4. The molecule has 3 aromatic carbocycles. The molecule has 0 saturated heterocycles.